The zero-order valence-electron chi connectivity index (χ0n) is 12.3. The van der Waals surface area contributed by atoms with E-state index in [4.69, 9.17) is 5.11 Å². The molecule has 110 valence electrons. The van der Waals surface area contributed by atoms with Crippen molar-refractivity contribution in [2.45, 2.75) is 33.6 Å². The quantitative estimate of drug-likeness (QED) is 0.867. The van der Waals surface area contributed by atoms with Gasteiger partial charge < -0.3 is 10.0 Å². The average Bonchev–Trinajstić information content (AvgIpc) is 2.37. The van der Waals surface area contributed by atoms with E-state index in [1.165, 1.54) is 12.8 Å². The maximum atomic E-state index is 11.1. The minimum atomic E-state index is -0.878. The molecule has 4 heteroatoms. The summed E-state index contributed by atoms with van der Waals surface area (Å²) in [4.78, 5) is 13.4. The van der Waals surface area contributed by atoms with Crippen molar-refractivity contribution < 1.29 is 9.90 Å². The van der Waals surface area contributed by atoms with Crippen LogP contribution in [-0.2, 0) is 0 Å². The van der Waals surface area contributed by atoms with E-state index in [9.17, 15) is 4.79 Å². The Labute approximate surface area is 129 Å². The largest absolute Gasteiger partial charge is 0.478 e. The highest BCUT2D eigenvalue weighted by atomic mass is 79.9. The Bertz CT molecular complexity index is 500. The van der Waals surface area contributed by atoms with Crippen molar-refractivity contribution in [3.63, 3.8) is 0 Å². The molecule has 1 aromatic carbocycles. The second-order valence-corrected chi connectivity index (χ2v) is 7.55. The van der Waals surface area contributed by atoms with Gasteiger partial charge in [-0.1, -0.05) is 36.7 Å². The van der Waals surface area contributed by atoms with Gasteiger partial charge in [-0.25, -0.2) is 4.79 Å². The highest BCUT2D eigenvalue weighted by molar-refractivity contribution is 9.10. The predicted molar refractivity (Wildman–Crippen MR) is 85.5 cm³/mol. The fraction of sp³-hybridized carbons (Fsp3) is 0.562. The van der Waals surface area contributed by atoms with Crippen LogP contribution in [0.5, 0.6) is 0 Å². The first-order chi connectivity index (χ1) is 9.27. The molecule has 20 heavy (non-hydrogen) atoms. The fourth-order valence-electron chi connectivity index (χ4n) is 2.88. The van der Waals surface area contributed by atoms with Gasteiger partial charge in [0.15, 0.2) is 0 Å². The minimum Gasteiger partial charge on any atom is -0.478 e. The SMILES string of the molecule is CC(C)(C)C1CCN(c2cc(Br)cc(C(=O)O)c2)CC1. The van der Waals surface area contributed by atoms with Crippen molar-refractivity contribution >= 4 is 27.6 Å². The number of carboxylic acid groups (broad SMARTS) is 1. The van der Waals surface area contributed by atoms with Gasteiger partial charge in [-0.15, -0.1) is 0 Å². The summed E-state index contributed by atoms with van der Waals surface area (Å²) in [6.07, 6.45) is 2.33. The van der Waals surface area contributed by atoms with Crippen molar-refractivity contribution in [1.29, 1.82) is 0 Å². The van der Waals surface area contributed by atoms with Gasteiger partial charge in [0, 0.05) is 23.2 Å². The average molecular weight is 340 g/mol. The van der Waals surface area contributed by atoms with Crippen LogP contribution >= 0.6 is 15.9 Å². The lowest BCUT2D eigenvalue weighted by atomic mass is 9.75. The van der Waals surface area contributed by atoms with Crippen LogP contribution in [0.15, 0.2) is 22.7 Å². The fourth-order valence-corrected chi connectivity index (χ4v) is 3.37. The van der Waals surface area contributed by atoms with Crippen molar-refractivity contribution in [2.24, 2.45) is 11.3 Å². The van der Waals surface area contributed by atoms with E-state index in [-0.39, 0.29) is 0 Å². The Hall–Kier alpha value is -1.03. The van der Waals surface area contributed by atoms with Crippen molar-refractivity contribution in [3.8, 4) is 0 Å². The maximum Gasteiger partial charge on any atom is 0.335 e. The third-order valence-corrected chi connectivity index (χ3v) is 4.67. The van der Waals surface area contributed by atoms with E-state index in [1.54, 1.807) is 12.1 Å². The summed E-state index contributed by atoms with van der Waals surface area (Å²) in [6.45, 7) is 8.90. The minimum absolute atomic E-state index is 0.340. The van der Waals surface area contributed by atoms with Gasteiger partial charge in [-0.2, -0.15) is 0 Å². The van der Waals surface area contributed by atoms with E-state index in [0.717, 1.165) is 29.2 Å². The molecule has 1 heterocycles. The molecule has 0 unspecified atom stereocenters. The van der Waals surface area contributed by atoms with Crippen LogP contribution in [0.1, 0.15) is 44.0 Å². The lowest BCUT2D eigenvalue weighted by Gasteiger charge is -2.39. The Morgan fingerprint density at radius 3 is 2.35 bits per heavy atom. The lowest BCUT2D eigenvalue weighted by molar-refractivity contribution is 0.0697. The normalized spacial score (nSPS) is 17.3. The monoisotopic (exact) mass is 339 g/mol. The first-order valence-electron chi connectivity index (χ1n) is 7.06. The van der Waals surface area contributed by atoms with Crippen molar-refractivity contribution in [3.05, 3.63) is 28.2 Å². The molecule has 2 rings (SSSR count). The molecule has 0 saturated carbocycles. The Kier molecular flexibility index (Phi) is 4.43. The number of benzene rings is 1. The molecule has 1 saturated heterocycles. The molecule has 0 atom stereocenters. The number of halogens is 1. The van der Waals surface area contributed by atoms with E-state index in [1.807, 2.05) is 6.07 Å². The van der Waals surface area contributed by atoms with Gasteiger partial charge in [0.25, 0.3) is 0 Å². The lowest BCUT2D eigenvalue weighted by Crippen LogP contribution is -2.38. The molecule has 1 aliphatic heterocycles. The highest BCUT2D eigenvalue weighted by Gasteiger charge is 2.29. The maximum absolute atomic E-state index is 11.1. The predicted octanol–water partition coefficient (Wildman–Crippen LogP) is 4.41. The zero-order valence-corrected chi connectivity index (χ0v) is 13.9. The summed E-state index contributed by atoms with van der Waals surface area (Å²) < 4.78 is 0.824. The Morgan fingerprint density at radius 2 is 1.85 bits per heavy atom. The topological polar surface area (TPSA) is 40.5 Å². The standard InChI is InChI=1S/C16H22BrNO2/c1-16(2,3)12-4-6-18(7-5-12)14-9-11(15(19)20)8-13(17)10-14/h8-10,12H,4-7H2,1-3H3,(H,19,20). The molecule has 0 amide bonds. The van der Waals surface area contributed by atoms with Crippen LogP contribution in [0.3, 0.4) is 0 Å². The molecule has 1 N–H and O–H groups in total. The summed E-state index contributed by atoms with van der Waals surface area (Å²) in [5, 5.41) is 9.14. The number of rotatable bonds is 2. The van der Waals surface area contributed by atoms with Crippen LogP contribution in [0.25, 0.3) is 0 Å². The molecule has 3 nitrogen and oxygen atoms in total. The van der Waals surface area contributed by atoms with Gasteiger partial charge in [-0.05, 0) is 42.4 Å². The number of carbonyl (C=O) groups is 1. The van der Waals surface area contributed by atoms with Crippen LogP contribution in [0.2, 0.25) is 0 Å². The first-order valence-corrected chi connectivity index (χ1v) is 7.85. The van der Waals surface area contributed by atoms with Crippen molar-refractivity contribution in [1.82, 2.24) is 0 Å². The van der Waals surface area contributed by atoms with E-state index in [0.29, 0.717) is 11.0 Å². The molecule has 1 aliphatic rings. The van der Waals surface area contributed by atoms with Gasteiger partial charge >= 0.3 is 5.97 Å². The van der Waals surface area contributed by atoms with Gasteiger partial charge in [0.2, 0.25) is 0 Å². The Balaban J connectivity index is 2.13. The summed E-state index contributed by atoms with van der Waals surface area (Å²) in [6, 6.07) is 5.42. The zero-order chi connectivity index (χ0) is 14.9. The molecule has 0 bridgehead atoms. The number of hydrogen-bond acceptors (Lipinski definition) is 2. The number of hydrogen-bond donors (Lipinski definition) is 1. The number of piperidine rings is 1. The smallest absolute Gasteiger partial charge is 0.335 e. The third kappa shape index (κ3) is 3.54. The highest BCUT2D eigenvalue weighted by Crippen LogP contribution is 2.36. The molecule has 0 radical (unpaired) electrons. The van der Waals surface area contributed by atoms with Gasteiger partial charge in [0.05, 0.1) is 5.56 Å². The summed E-state index contributed by atoms with van der Waals surface area (Å²) in [7, 11) is 0. The van der Waals surface area contributed by atoms with Crippen LogP contribution < -0.4 is 4.90 Å². The number of anilines is 1. The summed E-state index contributed by atoms with van der Waals surface area (Å²) >= 11 is 3.40. The number of carboxylic acids is 1. The van der Waals surface area contributed by atoms with E-state index >= 15 is 0 Å². The molecular formula is C16H22BrNO2. The van der Waals surface area contributed by atoms with Crippen LogP contribution in [-0.4, -0.2) is 24.2 Å². The Morgan fingerprint density at radius 1 is 1.25 bits per heavy atom. The van der Waals surface area contributed by atoms with Gasteiger partial charge in [0.1, 0.15) is 0 Å². The first kappa shape index (κ1) is 15.4. The van der Waals surface area contributed by atoms with E-state index in [2.05, 4.69) is 41.6 Å². The van der Waals surface area contributed by atoms with Crippen LogP contribution in [0.4, 0.5) is 5.69 Å². The molecule has 1 aromatic rings. The van der Waals surface area contributed by atoms with Crippen LogP contribution in [0, 0.1) is 11.3 Å². The molecule has 0 aromatic heterocycles. The molecular weight excluding hydrogens is 318 g/mol. The molecule has 0 spiro atoms. The second-order valence-electron chi connectivity index (χ2n) is 6.63. The van der Waals surface area contributed by atoms with Gasteiger partial charge in [-0.3, -0.25) is 0 Å². The summed E-state index contributed by atoms with van der Waals surface area (Å²) in [5.41, 5.74) is 1.70. The number of nitrogens with zero attached hydrogens (tertiary/aromatic N) is 1. The third-order valence-electron chi connectivity index (χ3n) is 4.21. The summed E-state index contributed by atoms with van der Waals surface area (Å²) in [5.74, 6) is -0.137. The second kappa shape index (κ2) is 5.76. The molecule has 1 fully saturated rings. The molecule has 0 aliphatic carbocycles. The number of aromatic carboxylic acids is 1. The van der Waals surface area contributed by atoms with E-state index < -0.39 is 5.97 Å². The van der Waals surface area contributed by atoms with Crippen molar-refractivity contribution in [2.75, 3.05) is 18.0 Å².